The zero-order valence-corrected chi connectivity index (χ0v) is 17.1. The highest BCUT2D eigenvalue weighted by atomic mass is 32.2. The number of anilines is 1. The predicted octanol–water partition coefficient (Wildman–Crippen LogP) is 3.81. The highest BCUT2D eigenvalue weighted by Crippen LogP contribution is 2.35. The Labute approximate surface area is 175 Å². The first-order chi connectivity index (χ1) is 14.1. The number of carbonyl (C=O) groups is 3. The molecule has 2 aliphatic heterocycles. The molecule has 3 heterocycles. The average molecular weight is 424 g/mol. The number of imide groups is 1. The number of thiazole rings is 1. The normalized spacial score (nSPS) is 16.1. The molecular weight excluding hydrogens is 406 g/mol. The molecule has 0 aliphatic carbocycles. The second-order valence-electron chi connectivity index (χ2n) is 7.00. The monoisotopic (exact) mass is 423 g/mol. The second kappa shape index (κ2) is 7.27. The van der Waals surface area contributed by atoms with Crippen LogP contribution in [0, 0.1) is 0 Å². The van der Waals surface area contributed by atoms with Gasteiger partial charge in [-0.15, -0.1) is 11.3 Å². The van der Waals surface area contributed by atoms with Crippen LogP contribution in [-0.4, -0.2) is 46.4 Å². The Bertz CT molecular complexity index is 1120. The van der Waals surface area contributed by atoms with Crippen molar-refractivity contribution >= 4 is 56.7 Å². The van der Waals surface area contributed by atoms with Crippen LogP contribution >= 0.6 is 23.1 Å². The molecule has 0 saturated carbocycles. The van der Waals surface area contributed by atoms with Crippen molar-refractivity contribution in [2.75, 3.05) is 23.7 Å². The van der Waals surface area contributed by atoms with Gasteiger partial charge in [-0.25, -0.2) is 9.88 Å². The van der Waals surface area contributed by atoms with Crippen molar-refractivity contribution in [3.05, 3.63) is 53.6 Å². The Hall–Kier alpha value is -2.71. The Morgan fingerprint density at radius 2 is 1.72 bits per heavy atom. The van der Waals surface area contributed by atoms with Gasteiger partial charge >= 0.3 is 0 Å². The third-order valence-electron chi connectivity index (χ3n) is 5.18. The number of benzene rings is 2. The van der Waals surface area contributed by atoms with E-state index in [0.29, 0.717) is 22.6 Å². The standard InChI is InChI=1S/C21H17N3O3S2/c25-18(23-9-3-4-10-23)12-28-21-22-16-8-7-13(11-17(16)29-21)24-19(26)14-5-1-2-6-15(14)20(24)27/h1-2,5-8,11H,3-4,9-10,12H2. The number of amides is 3. The molecule has 0 N–H and O–H groups in total. The fraction of sp³-hybridized carbons (Fsp3) is 0.238. The number of fused-ring (bicyclic) bond motifs is 2. The largest absolute Gasteiger partial charge is 0.342 e. The van der Waals surface area contributed by atoms with Crippen molar-refractivity contribution in [1.29, 1.82) is 0 Å². The van der Waals surface area contributed by atoms with Crippen LogP contribution in [0.15, 0.2) is 46.8 Å². The Kier molecular flexibility index (Phi) is 4.60. The van der Waals surface area contributed by atoms with Gasteiger partial charge in [-0.3, -0.25) is 14.4 Å². The van der Waals surface area contributed by atoms with Crippen molar-refractivity contribution in [3.8, 4) is 0 Å². The zero-order chi connectivity index (χ0) is 20.0. The van der Waals surface area contributed by atoms with Gasteiger partial charge in [0.15, 0.2) is 4.34 Å². The van der Waals surface area contributed by atoms with Crippen LogP contribution in [0.5, 0.6) is 0 Å². The van der Waals surface area contributed by atoms with Crippen molar-refractivity contribution in [3.63, 3.8) is 0 Å². The molecule has 0 spiro atoms. The lowest BCUT2D eigenvalue weighted by molar-refractivity contribution is -0.127. The molecule has 1 aromatic heterocycles. The van der Waals surface area contributed by atoms with Crippen LogP contribution in [-0.2, 0) is 4.79 Å². The lowest BCUT2D eigenvalue weighted by atomic mass is 10.1. The van der Waals surface area contributed by atoms with Gasteiger partial charge < -0.3 is 4.90 Å². The summed E-state index contributed by atoms with van der Waals surface area (Å²) in [4.78, 5) is 45.3. The quantitative estimate of drug-likeness (QED) is 0.471. The van der Waals surface area contributed by atoms with Gasteiger partial charge in [-0.1, -0.05) is 23.9 Å². The summed E-state index contributed by atoms with van der Waals surface area (Å²) in [5, 5.41) is 0. The maximum absolute atomic E-state index is 12.7. The van der Waals surface area contributed by atoms with Crippen LogP contribution in [0.25, 0.3) is 10.2 Å². The summed E-state index contributed by atoms with van der Waals surface area (Å²) in [7, 11) is 0. The molecule has 3 aromatic rings. The van der Waals surface area contributed by atoms with Gasteiger partial charge in [0.1, 0.15) is 0 Å². The van der Waals surface area contributed by atoms with Gasteiger partial charge in [-0.2, -0.15) is 0 Å². The third-order valence-corrected chi connectivity index (χ3v) is 7.33. The van der Waals surface area contributed by atoms with E-state index in [0.717, 1.165) is 40.5 Å². The number of nitrogens with zero attached hydrogens (tertiary/aromatic N) is 3. The van der Waals surface area contributed by atoms with Crippen molar-refractivity contribution < 1.29 is 14.4 Å². The first kappa shape index (κ1) is 18.3. The smallest absolute Gasteiger partial charge is 0.266 e. The molecule has 1 saturated heterocycles. The molecule has 6 nitrogen and oxygen atoms in total. The molecule has 0 unspecified atom stereocenters. The maximum Gasteiger partial charge on any atom is 0.266 e. The van der Waals surface area contributed by atoms with E-state index >= 15 is 0 Å². The summed E-state index contributed by atoms with van der Waals surface area (Å²) in [6, 6.07) is 12.2. The maximum atomic E-state index is 12.7. The molecule has 5 rings (SSSR count). The van der Waals surface area contributed by atoms with E-state index in [4.69, 9.17) is 0 Å². The molecule has 0 bridgehead atoms. The SMILES string of the molecule is O=C(CSc1nc2ccc(N3C(=O)c4ccccc4C3=O)cc2s1)N1CCCC1. The van der Waals surface area contributed by atoms with Crippen LogP contribution in [0.1, 0.15) is 33.6 Å². The van der Waals surface area contributed by atoms with E-state index in [1.807, 2.05) is 17.0 Å². The highest BCUT2D eigenvalue weighted by Gasteiger charge is 2.36. The Morgan fingerprint density at radius 1 is 1.03 bits per heavy atom. The van der Waals surface area contributed by atoms with Crippen LogP contribution < -0.4 is 4.90 Å². The number of likely N-dealkylation sites (tertiary alicyclic amines) is 1. The molecule has 1 fully saturated rings. The van der Waals surface area contributed by atoms with Crippen molar-refractivity contribution in [2.45, 2.75) is 17.2 Å². The summed E-state index contributed by atoms with van der Waals surface area (Å²) in [5.41, 5.74) is 2.20. The van der Waals surface area contributed by atoms with Crippen molar-refractivity contribution in [1.82, 2.24) is 9.88 Å². The average Bonchev–Trinajstić information content (AvgIpc) is 3.45. The minimum Gasteiger partial charge on any atom is -0.342 e. The van der Waals surface area contributed by atoms with Crippen LogP contribution in [0.4, 0.5) is 5.69 Å². The van der Waals surface area contributed by atoms with E-state index in [9.17, 15) is 14.4 Å². The van der Waals surface area contributed by atoms with E-state index in [2.05, 4.69) is 4.98 Å². The predicted molar refractivity (Wildman–Crippen MR) is 114 cm³/mol. The molecule has 29 heavy (non-hydrogen) atoms. The van der Waals surface area contributed by atoms with E-state index in [-0.39, 0.29) is 17.7 Å². The van der Waals surface area contributed by atoms with Crippen LogP contribution in [0.2, 0.25) is 0 Å². The van der Waals surface area contributed by atoms with Crippen molar-refractivity contribution in [2.24, 2.45) is 0 Å². The molecular formula is C21H17N3O3S2. The topological polar surface area (TPSA) is 70.6 Å². The first-order valence-corrected chi connectivity index (χ1v) is 11.2. The summed E-state index contributed by atoms with van der Waals surface area (Å²) >= 11 is 2.91. The molecule has 8 heteroatoms. The minimum absolute atomic E-state index is 0.151. The summed E-state index contributed by atoms with van der Waals surface area (Å²) in [6.45, 7) is 1.70. The number of hydrogen-bond acceptors (Lipinski definition) is 6. The van der Waals surface area contributed by atoms with Gasteiger partial charge in [-0.05, 0) is 43.2 Å². The highest BCUT2D eigenvalue weighted by molar-refractivity contribution is 8.01. The van der Waals surface area contributed by atoms with Gasteiger partial charge in [0.25, 0.3) is 11.8 Å². The van der Waals surface area contributed by atoms with Gasteiger partial charge in [0, 0.05) is 13.1 Å². The summed E-state index contributed by atoms with van der Waals surface area (Å²) in [5.74, 6) is -0.0792. The zero-order valence-electron chi connectivity index (χ0n) is 15.5. The molecule has 3 amide bonds. The number of aromatic nitrogens is 1. The Balaban J connectivity index is 1.37. The van der Waals surface area contributed by atoms with E-state index in [1.54, 1.807) is 30.3 Å². The van der Waals surface area contributed by atoms with Gasteiger partial charge in [0.05, 0.1) is 32.8 Å². The second-order valence-corrected chi connectivity index (χ2v) is 9.25. The minimum atomic E-state index is -0.305. The van der Waals surface area contributed by atoms with Gasteiger partial charge in [0.2, 0.25) is 5.91 Å². The number of carbonyl (C=O) groups excluding carboxylic acids is 3. The fourth-order valence-corrected chi connectivity index (χ4v) is 5.70. The van der Waals surface area contributed by atoms with E-state index in [1.165, 1.54) is 28.0 Å². The molecule has 0 atom stereocenters. The fourth-order valence-electron chi connectivity index (χ4n) is 3.70. The Morgan fingerprint density at radius 3 is 2.41 bits per heavy atom. The summed E-state index contributed by atoms with van der Waals surface area (Å²) in [6.07, 6.45) is 2.16. The lowest BCUT2D eigenvalue weighted by Gasteiger charge is -2.13. The molecule has 0 radical (unpaired) electrons. The molecule has 2 aliphatic rings. The molecule has 2 aromatic carbocycles. The first-order valence-electron chi connectivity index (χ1n) is 9.41. The molecule has 146 valence electrons. The van der Waals surface area contributed by atoms with E-state index < -0.39 is 0 Å². The number of rotatable bonds is 4. The number of hydrogen-bond donors (Lipinski definition) is 0. The lowest BCUT2D eigenvalue weighted by Crippen LogP contribution is -2.29. The number of thioether (sulfide) groups is 1. The summed E-state index contributed by atoms with van der Waals surface area (Å²) < 4.78 is 1.70. The van der Waals surface area contributed by atoms with Crippen LogP contribution in [0.3, 0.4) is 0 Å². The third kappa shape index (κ3) is 3.22.